The predicted molar refractivity (Wildman–Crippen MR) is 119 cm³/mol. The van der Waals surface area contributed by atoms with Gasteiger partial charge in [0.2, 0.25) is 5.82 Å². The van der Waals surface area contributed by atoms with E-state index < -0.39 is 5.91 Å². The fraction of sp³-hybridized carbons (Fsp3) is 0.125. The van der Waals surface area contributed by atoms with E-state index in [1.54, 1.807) is 56.7 Å². The van der Waals surface area contributed by atoms with E-state index in [9.17, 15) is 9.18 Å². The van der Waals surface area contributed by atoms with Crippen LogP contribution in [0.1, 0.15) is 0 Å². The lowest BCUT2D eigenvalue weighted by Gasteiger charge is -2.09. The van der Waals surface area contributed by atoms with Gasteiger partial charge in [0.05, 0.1) is 25.5 Å². The third-order valence-electron chi connectivity index (χ3n) is 4.68. The highest BCUT2D eigenvalue weighted by molar-refractivity contribution is 5.95. The molecule has 1 N–H and O–H groups in total. The smallest absolute Gasteiger partial charge is 0.262 e. The summed E-state index contributed by atoms with van der Waals surface area (Å²) in [6, 6.07) is 17.7. The molecular weight excluding hydrogens is 429 g/mol. The Kier molecular flexibility index (Phi) is 6.49. The molecule has 0 aliphatic rings. The van der Waals surface area contributed by atoms with E-state index in [0.717, 1.165) is 0 Å². The minimum absolute atomic E-state index is 0.232. The number of hydrogen-bond donors (Lipinski definition) is 1. The lowest BCUT2D eigenvalue weighted by molar-refractivity contribution is -0.118. The summed E-state index contributed by atoms with van der Waals surface area (Å²) in [7, 11) is 3.10. The monoisotopic (exact) mass is 449 g/mol. The first-order valence-electron chi connectivity index (χ1n) is 9.91. The first kappa shape index (κ1) is 21.8. The Bertz CT molecular complexity index is 1260. The fourth-order valence-corrected chi connectivity index (χ4v) is 3.07. The molecule has 33 heavy (non-hydrogen) atoms. The third kappa shape index (κ3) is 5.09. The Hall–Kier alpha value is -4.40. The normalized spacial score (nSPS) is 10.5. The SMILES string of the molecule is COc1ccc(-c2noc(-c3ccccc3NC(=O)COc3ccc(F)cc3)n2)cc1OC. The molecule has 0 radical (unpaired) electrons. The van der Waals surface area contributed by atoms with Crippen molar-refractivity contribution in [1.29, 1.82) is 0 Å². The van der Waals surface area contributed by atoms with Crippen molar-refractivity contribution in [3.8, 4) is 40.1 Å². The van der Waals surface area contributed by atoms with E-state index in [-0.39, 0.29) is 18.3 Å². The van der Waals surface area contributed by atoms with Gasteiger partial charge in [-0.05, 0) is 54.6 Å². The largest absolute Gasteiger partial charge is 0.493 e. The Morgan fingerprint density at radius 3 is 2.52 bits per heavy atom. The molecule has 0 bridgehead atoms. The summed E-state index contributed by atoms with van der Waals surface area (Å²) in [5.41, 5.74) is 1.71. The summed E-state index contributed by atoms with van der Waals surface area (Å²) in [6.07, 6.45) is 0. The molecule has 0 fully saturated rings. The van der Waals surface area contributed by atoms with Crippen LogP contribution in [0.5, 0.6) is 17.2 Å². The summed E-state index contributed by atoms with van der Waals surface area (Å²) in [4.78, 5) is 16.9. The van der Waals surface area contributed by atoms with Crippen LogP contribution in [0.2, 0.25) is 0 Å². The van der Waals surface area contributed by atoms with E-state index in [2.05, 4.69) is 15.5 Å². The van der Waals surface area contributed by atoms with Crippen LogP contribution in [0.4, 0.5) is 10.1 Å². The molecule has 168 valence electrons. The number of benzene rings is 3. The predicted octanol–water partition coefficient (Wildman–Crippen LogP) is 4.58. The van der Waals surface area contributed by atoms with E-state index in [1.807, 2.05) is 0 Å². The van der Waals surface area contributed by atoms with Gasteiger partial charge in [0.15, 0.2) is 18.1 Å². The second kappa shape index (κ2) is 9.82. The number of hydrogen-bond acceptors (Lipinski definition) is 7. The zero-order chi connectivity index (χ0) is 23.2. The van der Waals surface area contributed by atoms with Gasteiger partial charge in [-0.2, -0.15) is 4.98 Å². The minimum atomic E-state index is -0.397. The first-order chi connectivity index (χ1) is 16.1. The number of aromatic nitrogens is 2. The Balaban J connectivity index is 1.50. The number of amides is 1. The summed E-state index contributed by atoms with van der Waals surface area (Å²) >= 11 is 0. The average molecular weight is 449 g/mol. The van der Waals surface area contributed by atoms with Crippen molar-refractivity contribution in [2.45, 2.75) is 0 Å². The fourth-order valence-electron chi connectivity index (χ4n) is 3.07. The van der Waals surface area contributed by atoms with Gasteiger partial charge >= 0.3 is 0 Å². The molecule has 9 heteroatoms. The second-order valence-corrected chi connectivity index (χ2v) is 6.83. The average Bonchev–Trinajstić information content (AvgIpc) is 3.33. The number of para-hydroxylation sites is 1. The standard InChI is InChI=1S/C24H20FN3O5/c1-30-20-12-7-15(13-21(20)31-2)23-27-24(33-28-23)18-5-3-4-6-19(18)26-22(29)14-32-17-10-8-16(25)9-11-17/h3-13H,14H2,1-2H3,(H,26,29). The van der Waals surface area contributed by atoms with Gasteiger partial charge in [-0.1, -0.05) is 17.3 Å². The molecule has 1 aromatic heterocycles. The second-order valence-electron chi connectivity index (χ2n) is 6.83. The third-order valence-corrected chi connectivity index (χ3v) is 4.68. The van der Waals surface area contributed by atoms with E-state index in [0.29, 0.717) is 39.9 Å². The number of rotatable bonds is 8. The Labute approximate surface area is 188 Å². The summed E-state index contributed by atoms with van der Waals surface area (Å²) in [5, 5.41) is 6.82. The highest BCUT2D eigenvalue weighted by atomic mass is 19.1. The maximum absolute atomic E-state index is 13.0. The molecule has 8 nitrogen and oxygen atoms in total. The highest BCUT2D eigenvalue weighted by Gasteiger charge is 2.17. The summed E-state index contributed by atoms with van der Waals surface area (Å²) < 4.78 is 34.4. The van der Waals surface area contributed by atoms with Gasteiger partial charge in [0.25, 0.3) is 11.8 Å². The number of nitrogens with one attached hydrogen (secondary N) is 1. The maximum atomic E-state index is 13.0. The first-order valence-corrected chi connectivity index (χ1v) is 9.91. The quantitative estimate of drug-likeness (QED) is 0.421. The molecular formula is C24H20FN3O5. The summed E-state index contributed by atoms with van der Waals surface area (Å²) in [5.74, 6) is 1.31. The van der Waals surface area contributed by atoms with Crippen LogP contribution in [0.3, 0.4) is 0 Å². The lowest BCUT2D eigenvalue weighted by Crippen LogP contribution is -2.20. The minimum Gasteiger partial charge on any atom is -0.493 e. The Morgan fingerprint density at radius 2 is 1.76 bits per heavy atom. The van der Waals surface area contributed by atoms with Crippen LogP contribution < -0.4 is 19.5 Å². The summed E-state index contributed by atoms with van der Waals surface area (Å²) in [6.45, 7) is -0.249. The molecule has 3 aromatic carbocycles. The van der Waals surface area contributed by atoms with Crippen molar-refractivity contribution in [3.63, 3.8) is 0 Å². The molecule has 1 amide bonds. The van der Waals surface area contributed by atoms with Crippen LogP contribution in [0, 0.1) is 5.82 Å². The van der Waals surface area contributed by atoms with Gasteiger partial charge in [0.1, 0.15) is 11.6 Å². The molecule has 0 unspecified atom stereocenters. The molecule has 4 aromatic rings. The van der Waals surface area contributed by atoms with Gasteiger partial charge in [0, 0.05) is 5.56 Å². The zero-order valence-corrected chi connectivity index (χ0v) is 17.9. The van der Waals surface area contributed by atoms with Crippen molar-refractivity contribution in [1.82, 2.24) is 10.1 Å². The van der Waals surface area contributed by atoms with Crippen molar-refractivity contribution >= 4 is 11.6 Å². The molecule has 0 aliphatic carbocycles. The molecule has 1 heterocycles. The van der Waals surface area contributed by atoms with Gasteiger partial charge < -0.3 is 24.1 Å². The number of carbonyl (C=O) groups is 1. The van der Waals surface area contributed by atoms with Crippen LogP contribution in [0.15, 0.2) is 71.3 Å². The van der Waals surface area contributed by atoms with Crippen molar-refractivity contribution in [3.05, 3.63) is 72.5 Å². The van der Waals surface area contributed by atoms with Crippen LogP contribution in [-0.4, -0.2) is 36.9 Å². The van der Waals surface area contributed by atoms with Gasteiger partial charge in [-0.25, -0.2) is 4.39 Å². The number of nitrogens with zero attached hydrogens (tertiary/aromatic N) is 2. The highest BCUT2D eigenvalue weighted by Crippen LogP contribution is 2.33. The zero-order valence-electron chi connectivity index (χ0n) is 17.9. The number of anilines is 1. The molecule has 4 rings (SSSR count). The van der Waals surface area contributed by atoms with Crippen LogP contribution in [0.25, 0.3) is 22.8 Å². The molecule has 0 saturated heterocycles. The molecule has 0 spiro atoms. The number of ether oxygens (including phenoxy) is 3. The Morgan fingerprint density at radius 1 is 1.00 bits per heavy atom. The molecule has 0 aliphatic heterocycles. The van der Waals surface area contributed by atoms with E-state index in [1.165, 1.54) is 24.3 Å². The van der Waals surface area contributed by atoms with Crippen LogP contribution in [-0.2, 0) is 4.79 Å². The van der Waals surface area contributed by atoms with Gasteiger partial charge in [-0.3, -0.25) is 4.79 Å². The number of carbonyl (C=O) groups excluding carboxylic acids is 1. The van der Waals surface area contributed by atoms with Gasteiger partial charge in [-0.15, -0.1) is 0 Å². The van der Waals surface area contributed by atoms with Crippen LogP contribution >= 0.6 is 0 Å². The topological polar surface area (TPSA) is 95.7 Å². The van der Waals surface area contributed by atoms with Crippen molar-refractivity contribution < 1.29 is 27.9 Å². The van der Waals surface area contributed by atoms with E-state index in [4.69, 9.17) is 18.7 Å². The number of methoxy groups -OCH3 is 2. The van der Waals surface area contributed by atoms with E-state index >= 15 is 0 Å². The molecule has 0 saturated carbocycles. The lowest BCUT2D eigenvalue weighted by atomic mass is 10.1. The maximum Gasteiger partial charge on any atom is 0.262 e. The number of halogens is 1. The molecule has 0 atom stereocenters. The van der Waals surface area contributed by atoms with Crippen molar-refractivity contribution in [2.75, 3.05) is 26.1 Å². The van der Waals surface area contributed by atoms with Crippen molar-refractivity contribution in [2.24, 2.45) is 0 Å².